The van der Waals surface area contributed by atoms with E-state index >= 15 is 0 Å². The lowest BCUT2D eigenvalue weighted by Gasteiger charge is -1.90. The van der Waals surface area contributed by atoms with Gasteiger partial charge in [0.1, 0.15) is 5.84 Å². The summed E-state index contributed by atoms with van der Waals surface area (Å²) < 4.78 is 0. The molecule has 1 aliphatic heterocycles. The molecule has 0 aromatic carbocycles. The van der Waals surface area contributed by atoms with E-state index in [1.54, 1.807) is 0 Å². The summed E-state index contributed by atoms with van der Waals surface area (Å²) in [6.45, 7) is 0. The number of amidine groups is 1. The zero-order valence-electron chi connectivity index (χ0n) is 5.64. The van der Waals surface area contributed by atoms with E-state index < -0.39 is 11.5 Å². The second-order valence-corrected chi connectivity index (χ2v) is 2.46. The molecule has 1 rings (SSSR count). The van der Waals surface area contributed by atoms with Gasteiger partial charge in [-0.25, -0.2) is 4.99 Å². The average molecular weight is 173 g/mol. The molecule has 5 nitrogen and oxygen atoms in total. The molecule has 0 amide bonds. The third-order valence-electron chi connectivity index (χ3n) is 1.10. The van der Waals surface area contributed by atoms with Crippen LogP contribution in [0, 0.1) is 0 Å². The highest BCUT2D eigenvalue weighted by atomic mass is 32.1. The van der Waals surface area contributed by atoms with Crippen LogP contribution in [0.25, 0.3) is 0 Å². The predicted molar refractivity (Wildman–Crippen MR) is 41.9 cm³/mol. The van der Waals surface area contributed by atoms with Crippen molar-refractivity contribution >= 4 is 24.4 Å². The minimum absolute atomic E-state index is 0.0400. The van der Waals surface area contributed by atoms with Crippen molar-refractivity contribution in [3.05, 3.63) is 0 Å². The SMILES string of the molecule is O=C(O)CCC1=NC(S)N=N1. The molecule has 11 heavy (non-hydrogen) atoms. The van der Waals surface area contributed by atoms with Crippen LogP contribution >= 0.6 is 12.6 Å². The quantitative estimate of drug-likeness (QED) is 0.623. The molecule has 0 aliphatic carbocycles. The van der Waals surface area contributed by atoms with Crippen molar-refractivity contribution < 1.29 is 9.90 Å². The first-order valence-electron chi connectivity index (χ1n) is 3.06. The molecule has 1 aliphatic rings. The van der Waals surface area contributed by atoms with Gasteiger partial charge in [-0.2, -0.15) is 0 Å². The number of carboxylic acid groups (broad SMARTS) is 1. The molecule has 6 heteroatoms. The number of hydrogen-bond donors (Lipinski definition) is 2. The van der Waals surface area contributed by atoms with E-state index in [4.69, 9.17) is 5.11 Å². The van der Waals surface area contributed by atoms with Crippen LogP contribution < -0.4 is 0 Å². The average Bonchev–Trinajstić information content (AvgIpc) is 2.31. The lowest BCUT2D eigenvalue weighted by atomic mass is 10.3. The van der Waals surface area contributed by atoms with Gasteiger partial charge in [-0.05, 0) is 0 Å². The third kappa shape index (κ3) is 2.67. The molecule has 0 aromatic rings. The van der Waals surface area contributed by atoms with Crippen LogP contribution in [0.3, 0.4) is 0 Å². The third-order valence-corrected chi connectivity index (χ3v) is 1.32. The normalized spacial score (nSPS) is 21.9. The Morgan fingerprint density at radius 1 is 1.73 bits per heavy atom. The van der Waals surface area contributed by atoms with Gasteiger partial charge in [0.25, 0.3) is 0 Å². The van der Waals surface area contributed by atoms with Crippen LogP contribution in [0.1, 0.15) is 12.8 Å². The summed E-state index contributed by atoms with van der Waals surface area (Å²) in [4.78, 5) is 13.9. The number of rotatable bonds is 3. The molecular formula is C5H7N3O2S. The van der Waals surface area contributed by atoms with Crippen molar-refractivity contribution in [2.24, 2.45) is 15.2 Å². The van der Waals surface area contributed by atoms with E-state index in [9.17, 15) is 4.79 Å². The highest BCUT2D eigenvalue weighted by molar-refractivity contribution is 7.80. The second-order valence-electron chi connectivity index (χ2n) is 2.00. The van der Waals surface area contributed by atoms with Gasteiger partial charge in [-0.3, -0.25) is 4.79 Å². The summed E-state index contributed by atoms with van der Waals surface area (Å²) in [5.41, 5.74) is -0.432. The predicted octanol–water partition coefficient (Wildman–Crippen LogP) is 0.929. The fourth-order valence-electron chi connectivity index (χ4n) is 0.636. The van der Waals surface area contributed by atoms with E-state index in [0.717, 1.165) is 0 Å². The van der Waals surface area contributed by atoms with E-state index in [0.29, 0.717) is 12.3 Å². The van der Waals surface area contributed by atoms with Crippen molar-refractivity contribution in [1.29, 1.82) is 0 Å². The van der Waals surface area contributed by atoms with Crippen LogP contribution in [0.5, 0.6) is 0 Å². The van der Waals surface area contributed by atoms with Gasteiger partial charge in [0.2, 0.25) is 5.50 Å². The molecule has 0 radical (unpaired) electrons. The van der Waals surface area contributed by atoms with Crippen molar-refractivity contribution in [2.75, 3.05) is 0 Å². The van der Waals surface area contributed by atoms with Crippen molar-refractivity contribution in [2.45, 2.75) is 18.3 Å². The topological polar surface area (TPSA) is 74.4 Å². The fraction of sp³-hybridized carbons (Fsp3) is 0.600. The van der Waals surface area contributed by atoms with Crippen molar-refractivity contribution in [1.82, 2.24) is 0 Å². The Labute approximate surface area is 68.6 Å². The Morgan fingerprint density at radius 3 is 2.91 bits per heavy atom. The molecule has 60 valence electrons. The number of aliphatic imine (C=N–C) groups is 1. The van der Waals surface area contributed by atoms with Crippen LogP contribution in [-0.4, -0.2) is 22.4 Å². The number of thiol groups is 1. The minimum Gasteiger partial charge on any atom is -0.481 e. The van der Waals surface area contributed by atoms with E-state index in [2.05, 4.69) is 27.8 Å². The van der Waals surface area contributed by atoms with Gasteiger partial charge in [0.05, 0.1) is 6.42 Å². The van der Waals surface area contributed by atoms with Crippen molar-refractivity contribution in [3.63, 3.8) is 0 Å². The van der Waals surface area contributed by atoms with Crippen LogP contribution in [0.2, 0.25) is 0 Å². The zero-order chi connectivity index (χ0) is 8.27. The highest BCUT2D eigenvalue weighted by Gasteiger charge is 2.10. The molecule has 1 atom stereocenters. The monoisotopic (exact) mass is 173 g/mol. The van der Waals surface area contributed by atoms with Crippen LogP contribution in [-0.2, 0) is 4.79 Å². The Morgan fingerprint density at radius 2 is 2.45 bits per heavy atom. The van der Waals surface area contributed by atoms with Gasteiger partial charge in [-0.15, -0.1) is 22.9 Å². The number of hydrogen-bond acceptors (Lipinski definition) is 5. The highest BCUT2D eigenvalue weighted by Crippen LogP contribution is 2.11. The zero-order valence-corrected chi connectivity index (χ0v) is 6.53. The maximum absolute atomic E-state index is 10.1. The number of azo groups is 1. The van der Waals surface area contributed by atoms with E-state index in [1.165, 1.54) is 0 Å². The fourth-order valence-corrected chi connectivity index (χ4v) is 0.821. The Hall–Kier alpha value is -0.910. The molecule has 0 spiro atoms. The molecule has 0 aromatic heterocycles. The van der Waals surface area contributed by atoms with Gasteiger partial charge < -0.3 is 5.11 Å². The van der Waals surface area contributed by atoms with Gasteiger partial charge in [0.15, 0.2) is 0 Å². The molecule has 1 heterocycles. The van der Waals surface area contributed by atoms with Gasteiger partial charge in [-0.1, -0.05) is 0 Å². The molecule has 1 unspecified atom stereocenters. The Balaban J connectivity index is 2.34. The first kappa shape index (κ1) is 8.19. The summed E-state index contributed by atoms with van der Waals surface area (Å²) in [7, 11) is 0. The first-order chi connectivity index (χ1) is 5.18. The maximum atomic E-state index is 10.1. The summed E-state index contributed by atoms with van der Waals surface area (Å²) in [5, 5.41) is 15.5. The maximum Gasteiger partial charge on any atom is 0.303 e. The Bertz CT molecular complexity index is 226. The van der Waals surface area contributed by atoms with E-state index in [1.807, 2.05) is 0 Å². The lowest BCUT2D eigenvalue weighted by Crippen LogP contribution is -1.99. The summed E-state index contributed by atoms with van der Waals surface area (Å²) in [5.74, 6) is -0.391. The molecule has 0 fully saturated rings. The smallest absolute Gasteiger partial charge is 0.303 e. The number of carboxylic acids is 1. The molecular weight excluding hydrogens is 166 g/mol. The van der Waals surface area contributed by atoms with Crippen LogP contribution in [0.4, 0.5) is 0 Å². The second kappa shape index (κ2) is 3.47. The summed E-state index contributed by atoms with van der Waals surface area (Å²) in [6, 6.07) is 0. The molecule has 0 saturated heterocycles. The minimum atomic E-state index is -0.856. The molecule has 1 N–H and O–H groups in total. The van der Waals surface area contributed by atoms with E-state index in [-0.39, 0.29) is 6.42 Å². The lowest BCUT2D eigenvalue weighted by molar-refractivity contribution is -0.136. The largest absolute Gasteiger partial charge is 0.481 e. The molecule has 0 bridgehead atoms. The van der Waals surface area contributed by atoms with Crippen LogP contribution in [0.15, 0.2) is 15.2 Å². The number of carbonyl (C=O) groups is 1. The molecule has 0 saturated carbocycles. The summed E-state index contributed by atoms with van der Waals surface area (Å²) >= 11 is 3.90. The number of nitrogens with zero attached hydrogens (tertiary/aromatic N) is 3. The number of aliphatic carboxylic acids is 1. The van der Waals surface area contributed by atoms with Gasteiger partial charge >= 0.3 is 5.97 Å². The summed E-state index contributed by atoms with van der Waals surface area (Å²) in [6.07, 6.45) is 0.369. The van der Waals surface area contributed by atoms with Gasteiger partial charge in [0, 0.05) is 6.42 Å². The Kier molecular flexibility index (Phi) is 2.58. The first-order valence-corrected chi connectivity index (χ1v) is 3.57. The van der Waals surface area contributed by atoms with Crippen molar-refractivity contribution in [3.8, 4) is 0 Å². The standard InChI is InChI=1S/C5H7N3O2S/c9-4(10)2-1-3-6-5(11)8-7-3/h5,11H,1-2H2,(H,9,10).